The van der Waals surface area contributed by atoms with Gasteiger partial charge in [-0.05, 0) is 43.1 Å². The molecule has 19 heavy (non-hydrogen) atoms. The molecule has 4 nitrogen and oxygen atoms in total. The lowest BCUT2D eigenvalue weighted by Gasteiger charge is -2.42. The third-order valence-electron chi connectivity index (χ3n) is 4.41. The summed E-state index contributed by atoms with van der Waals surface area (Å²) in [5.41, 5.74) is 0.496. The van der Waals surface area contributed by atoms with E-state index in [1.54, 1.807) is 0 Å². The van der Waals surface area contributed by atoms with Crippen LogP contribution in [0.1, 0.15) is 32.1 Å². The molecule has 3 rings (SSSR count). The number of amides is 2. The fourth-order valence-corrected chi connectivity index (χ4v) is 2.96. The van der Waals surface area contributed by atoms with Gasteiger partial charge in [0, 0.05) is 12.7 Å². The third-order valence-corrected chi connectivity index (χ3v) is 4.41. The van der Waals surface area contributed by atoms with E-state index in [0.29, 0.717) is 12.0 Å². The summed E-state index contributed by atoms with van der Waals surface area (Å²) in [4.78, 5) is 15.4. The molecule has 1 aromatic rings. The van der Waals surface area contributed by atoms with Crippen molar-refractivity contribution in [2.75, 3.05) is 11.9 Å². The van der Waals surface area contributed by atoms with E-state index >= 15 is 0 Å². The zero-order chi connectivity index (χ0) is 13.3. The summed E-state index contributed by atoms with van der Waals surface area (Å²) in [6.45, 7) is 0.705. The molecule has 102 valence electrons. The first-order valence-electron chi connectivity index (χ1n) is 6.84. The molecule has 2 aliphatic carbocycles. The van der Waals surface area contributed by atoms with Crippen molar-refractivity contribution in [2.45, 2.75) is 32.1 Å². The van der Waals surface area contributed by atoms with Crippen molar-refractivity contribution in [3.8, 4) is 0 Å². The Bertz CT molecular complexity index is 483. The molecular weight excluding hydrogens is 245 g/mol. The van der Waals surface area contributed by atoms with Crippen molar-refractivity contribution in [3.63, 3.8) is 0 Å². The van der Waals surface area contributed by atoms with E-state index in [-0.39, 0.29) is 11.7 Å². The molecule has 5 heteroatoms. The number of halogens is 1. The predicted octanol–water partition coefficient (Wildman–Crippen LogP) is 2.92. The number of nitrogens with one attached hydrogen (secondary N) is 2. The fourth-order valence-electron chi connectivity index (χ4n) is 2.96. The van der Waals surface area contributed by atoms with Gasteiger partial charge in [-0.25, -0.2) is 9.18 Å². The van der Waals surface area contributed by atoms with Crippen LogP contribution in [-0.2, 0) is 0 Å². The van der Waals surface area contributed by atoms with Crippen LogP contribution in [-0.4, -0.2) is 17.6 Å². The SMILES string of the molecule is O=C(NCC1(C2CC2)CCC1)Nc1ccncc1F. The minimum atomic E-state index is -0.516. The fraction of sp³-hybridized carbons (Fsp3) is 0.571. The lowest BCUT2D eigenvalue weighted by atomic mass is 9.65. The number of hydrogen-bond acceptors (Lipinski definition) is 2. The molecule has 0 bridgehead atoms. The highest BCUT2D eigenvalue weighted by Gasteiger charge is 2.48. The summed E-state index contributed by atoms with van der Waals surface area (Å²) in [7, 11) is 0. The van der Waals surface area contributed by atoms with Crippen LogP contribution >= 0.6 is 0 Å². The van der Waals surface area contributed by atoms with Gasteiger partial charge in [-0.3, -0.25) is 4.98 Å². The highest BCUT2D eigenvalue weighted by molar-refractivity contribution is 5.89. The number of nitrogens with zero attached hydrogens (tertiary/aromatic N) is 1. The van der Waals surface area contributed by atoms with Crippen LogP contribution in [0.15, 0.2) is 18.5 Å². The van der Waals surface area contributed by atoms with Gasteiger partial charge in [0.15, 0.2) is 5.82 Å². The molecule has 0 aromatic carbocycles. The number of carbonyl (C=O) groups excluding carboxylic acids is 1. The maximum absolute atomic E-state index is 13.3. The molecule has 2 saturated carbocycles. The second kappa shape index (κ2) is 4.79. The van der Waals surface area contributed by atoms with Gasteiger partial charge in [0.1, 0.15) is 0 Å². The predicted molar refractivity (Wildman–Crippen MR) is 70.2 cm³/mol. The summed E-state index contributed by atoms with van der Waals surface area (Å²) < 4.78 is 13.3. The second-order valence-electron chi connectivity index (χ2n) is 5.65. The van der Waals surface area contributed by atoms with Crippen molar-refractivity contribution in [3.05, 3.63) is 24.3 Å². The van der Waals surface area contributed by atoms with Crippen molar-refractivity contribution in [1.29, 1.82) is 0 Å². The van der Waals surface area contributed by atoms with E-state index in [9.17, 15) is 9.18 Å². The number of anilines is 1. The molecule has 2 fully saturated rings. The number of rotatable bonds is 4. The molecule has 2 amide bonds. The minimum absolute atomic E-state index is 0.168. The second-order valence-corrected chi connectivity index (χ2v) is 5.65. The van der Waals surface area contributed by atoms with Crippen LogP contribution in [0.2, 0.25) is 0 Å². The summed E-state index contributed by atoms with van der Waals surface area (Å²) in [6.07, 6.45) is 8.82. The number of urea groups is 1. The van der Waals surface area contributed by atoms with Gasteiger partial charge in [-0.1, -0.05) is 6.42 Å². The van der Waals surface area contributed by atoms with E-state index in [1.165, 1.54) is 44.4 Å². The lowest BCUT2D eigenvalue weighted by molar-refractivity contribution is 0.103. The maximum atomic E-state index is 13.3. The van der Waals surface area contributed by atoms with Gasteiger partial charge in [0.05, 0.1) is 11.9 Å². The average Bonchev–Trinajstić information content (AvgIpc) is 3.15. The van der Waals surface area contributed by atoms with Crippen LogP contribution in [0.25, 0.3) is 0 Å². The van der Waals surface area contributed by atoms with Crippen LogP contribution < -0.4 is 10.6 Å². The molecule has 0 saturated heterocycles. The summed E-state index contributed by atoms with van der Waals surface area (Å²) >= 11 is 0. The zero-order valence-electron chi connectivity index (χ0n) is 10.8. The standard InChI is InChI=1S/C14H18FN3O/c15-11-8-16-7-4-12(11)18-13(19)17-9-14(5-1-6-14)10-2-3-10/h4,7-8,10H,1-3,5-6,9H2,(H2,16,17,18,19). The van der Waals surface area contributed by atoms with Gasteiger partial charge >= 0.3 is 6.03 Å². The van der Waals surface area contributed by atoms with Gasteiger partial charge in [-0.2, -0.15) is 0 Å². The molecule has 0 radical (unpaired) electrons. The number of carbonyl (C=O) groups is 1. The first-order chi connectivity index (χ1) is 9.20. The Labute approximate surface area is 111 Å². The Morgan fingerprint density at radius 3 is 2.84 bits per heavy atom. The largest absolute Gasteiger partial charge is 0.337 e. The van der Waals surface area contributed by atoms with E-state index < -0.39 is 5.82 Å². The van der Waals surface area contributed by atoms with Crippen LogP contribution in [0.4, 0.5) is 14.9 Å². The maximum Gasteiger partial charge on any atom is 0.319 e. The monoisotopic (exact) mass is 263 g/mol. The van der Waals surface area contributed by atoms with Crippen LogP contribution in [0.3, 0.4) is 0 Å². The van der Waals surface area contributed by atoms with Crippen molar-refractivity contribution in [1.82, 2.24) is 10.3 Å². The van der Waals surface area contributed by atoms with E-state index in [1.807, 2.05) is 0 Å². The van der Waals surface area contributed by atoms with Crippen LogP contribution in [0, 0.1) is 17.2 Å². The van der Waals surface area contributed by atoms with Crippen molar-refractivity contribution >= 4 is 11.7 Å². The Balaban J connectivity index is 1.53. The molecule has 1 aromatic heterocycles. The Hall–Kier alpha value is -1.65. The zero-order valence-corrected chi connectivity index (χ0v) is 10.8. The molecule has 1 heterocycles. The Kier molecular flexibility index (Phi) is 3.12. The van der Waals surface area contributed by atoms with E-state index in [0.717, 1.165) is 12.1 Å². The third kappa shape index (κ3) is 2.55. The highest BCUT2D eigenvalue weighted by Crippen LogP contribution is 2.56. The number of aromatic nitrogens is 1. The average molecular weight is 263 g/mol. The number of hydrogen-bond donors (Lipinski definition) is 2. The van der Waals surface area contributed by atoms with Gasteiger partial charge in [0.2, 0.25) is 0 Å². The Morgan fingerprint density at radius 2 is 2.26 bits per heavy atom. The topological polar surface area (TPSA) is 54.0 Å². The van der Waals surface area contributed by atoms with Gasteiger partial charge in [0.25, 0.3) is 0 Å². The van der Waals surface area contributed by atoms with Crippen LogP contribution in [0.5, 0.6) is 0 Å². The van der Waals surface area contributed by atoms with Crippen molar-refractivity contribution < 1.29 is 9.18 Å². The molecule has 0 unspecified atom stereocenters. The van der Waals surface area contributed by atoms with E-state index in [2.05, 4.69) is 15.6 Å². The first-order valence-corrected chi connectivity index (χ1v) is 6.84. The summed E-state index contributed by atoms with van der Waals surface area (Å²) in [6, 6.07) is 1.12. The summed E-state index contributed by atoms with van der Waals surface area (Å²) in [5.74, 6) is 0.275. The molecular formula is C14H18FN3O. The first kappa shape index (κ1) is 12.4. The molecule has 0 atom stereocenters. The Morgan fingerprint density at radius 1 is 1.47 bits per heavy atom. The smallest absolute Gasteiger partial charge is 0.319 e. The molecule has 2 aliphatic rings. The van der Waals surface area contributed by atoms with Crippen molar-refractivity contribution in [2.24, 2.45) is 11.3 Å². The quantitative estimate of drug-likeness (QED) is 0.877. The lowest BCUT2D eigenvalue weighted by Crippen LogP contribution is -2.45. The molecule has 0 spiro atoms. The summed E-state index contributed by atoms with van der Waals surface area (Å²) in [5, 5.41) is 5.41. The molecule has 0 aliphatic heterocycles. The van der Waals surface area contributed by atoms with E-state index in [4.69, 9.17) is 0 Å². The number of pyridine rings is 1. The highest BCUT2D eigenvalue weighted by atomic mass is 19.1. The molecule has 2 N–H and O–H groups in total. The van der Waals surface area contributed by atoms with Gasteiger partial charge in [-0.15, -0.1) is 0 Å². The minimum Gasteiger partial charge on any atom is -0.337 e. The van der Waals surface area contributed by atoms with Gasteiger partial charge < -0.3 is 10.6 Å². The normalized spacial score (nSPS) is 20.5.